The number of nitrogens with one attached hydrogen (secondary N) is 1. The fourth-order valence-electron chi connectivity index (χ4n) is 2.48. The smallest absolute Gasteiger partial charge is 0.304 e. The number of amides is 1. The molecule has 2 rings (SSSR count). The van der Waals surface area contributed by atoms with Crippen LogP contribution in [0.4, 0.5) is 35.1 Å². The van der Waals surface area contributed by atoms with Gasteiger partial charge in [0.25, 0.3) is 5.91 Å². The second-order valence-electron chi connectivity index (χ2n) is 5.87. The van der Waals surface area contributed by atoms with Gasteiger partial charge in [0.15, 0.2) is 5.17 Å². The Balaban J connectivity index is 2.50. The number of hydrogen-bond donors (Lipinski definition) is 1. The monoisotopic (exact) mass is 420 g/mol. The summed E-state index contributed by atoms with van der Waals surface area (Å²) < 4.78 is 103. The van der Waals surface area contributed by atoms with Crippen molar-refractivity contribution in [2.45, 2.75) is 42.7 Å². The zero-order chi connectivity index (χ0) is 20.8. The SMILES string of the molecule is C[C@H](N=C1NC(=O)C(C(F)(F)F)(C(C)(F)C(F)(F)F)S1)c1ccccc1F. The van der Waals surface area contributed by atoms with E-state index in [1.807, 2.05) is 0 Å². The Morgan fingerprint density at radius 2 is 1.67 bits per heavy atom. The molecule has 0 spiro atoms. The van der Waals surface area contributed by atoms with E-state index in [2.05, 4.69) is 4.99 Å². The number of halogens is 8. The number of carbonyl (C=O) groups excluding carboxylic acids is 1. The Bertz CT molecular complexity index is 774. The van der Waals surface area contributed by atoms with Gasteiger partial charge in [-0.2, -0.15) is 26.3 Å². The van der Waals surface area contributed by atoms with Gasteiger partial charge in [-0.05, 0) is 19.9 Å². The minimum absolute atomic E-state index is 0.0665. The van der Waals surface area contributed by atoms with Gasteiger partial charge in [0, 0.05) is 5.56 Å². The normalized spacial score (nSPS) is 26.0. The highest BCUT2D eigenvalue weighted by atomic mass is 32.2. The van der Waals surface area contributed by atoms with E-state index in [4.69, 9.17) is 0 Å². The third kappa shape index (κ3) is 3.39. The molecule has 1 aliphatic heterocycles. The van der Waals surface area contributed by atoms with Crippen LogP contribution in [0.25, 0.3) is 0 Å². The van der Waals surface area contributed by atoms with E-state index in [9.17, 15) is 39.9 Å². The molecule has 1 aromatic rings. The van der Waals surface area contributed by atoms with Crippen LogP contribution in [0.15, 0.2) is 29.3 Å². The van der Waals surface area contributed by atoms with Crippen molar-refractivity contribution in [2.24, 2.45) is 4.99 Å². The van der Waals surface area contributed by atoms with Gasteiger partial charge >= 0.3 is 12.4 Å². The standard InChI is InChI=1S/C15H12F8N2OS/c1-7(8-5-3-4-6-9(8)16)24-11-25-10(26)13(27-11,15(21,22)23)12(2,17)14(18,19)20/h3-7H,1-2H3,(H,24,25,26)/t7-,12?,13?/m0/s1. The summed E-state index contributed by atoms with van der Waals surface area (Å²) in [6.45, 7) is 0.903. The Hall–Kier alpha value is -1.85. The highest BCUT2D eigenvalue weighted by molar-refractivity contribution is 8.16. The van der Waals surface area contributed by atoms with Crippen molar-refractivity contribution in [3.63, 3.8) is 0 Å². The quantitative estimate of drug-likeness (QED) is 0.721. The van der Waals surface area contributed by atoms with Crippen molar-refractivity contribution in [2.75, 3.05) is 0 Å². The first-order valence-corrected chi connectivity index (χ1v) is 8.12. The van der Waals surface area contributed by atoms with Gasteiger partial charge < -0.3 is 5.32 Å². The van der Waals surface area contributed by atoms with Gasteiger partial charge in [0.2, 0.25) is 10.4 Å². The summed E-state index contributed by atoms with van der Waals surface area (Å²) in [5.41, 5.74) is -5.01. The maximum atomic E-state index is 14.4. The summed E-state index contributed by atoms with van der Waals surface area (Å²) >= 11 is -0.717. The average Bonchev–Trinajstić information content (AvgIpc) is 2.83. The van der Waals surface area contributed by atoms with Gasteiger partial charge in [-0.3, -0.25) is 9.79 Å². The summed E-state index contributed by atoms with van der Waals surface area (Å²) in [6.07, 6.45) is -11.9. The van der Waals surface area contributed by atoms with E-state index in [0.29, 0.717) is 0 Å². The van der Waals surface area contributed by atoms with E-state index in [0.717, 1.165) is 6.07 Å². The summed E-state index contributed by atoms with van der Waals surface area (Å²) in [7, 11) is 0. The Kier molecular flexibility index (Phi) is 5.28. The predicted octanol–water partition coefficient (Wildman–Crippen LogP) is 4.70. The highest BCUT2D eigenvalue weighted by Gasteiger charge is 2.82. The molecule has 1 saturated heterocycles. The third-order valence-corrected chi connectivity index (χ3v) is 5.56. The van der Waals surface area contributed by atoms with Crippen molar-refractivity contribution < 1.29 is 39.9 Å². The molecule has 0 bridgehead atoms. The highest BCUT2D eigenvalue weighted by Crippen LogP contribution is 2.58. The lowest BCUT2D eigenvalue weighted by molar-refractivity contribution is -0.275. The van der Waals surface area contributed by atoms with Crippen molar-refractivity contribution in [3.8, 4) is 0 Å². The molecule has 0 aromatic heterocycles. The number of carbonyl (C=O) groups is 1. The number of nitrogens with zero attached hydrogens (tertiary/aromatic N) is 1. The molecule has 0 saturated carbocycles. The topological polar surface area (TPSA) is 41.5 Å². The number of alkyl halides is 7. The molecule has 1 aromatic carbocycles. The van der Waals surface area contributed by atoms with E-state index < -0.39 is 57.5 Å². The van der Waals surface area contributed by atoms with Crippen molar-refractivity contribution in [1.82, 2.24) is 5.32 Å². The van der Waals surface area contributed by atoms with Crippen LogP contribution in [0.3, 0.4) is 0 Å². The van der Waals surface area contributed by atoms with Crippen LogP contribution in [0.1, 0.15) is 25.5 Å². The molecular formula is C15H12F8N2OS. The average molecular weight is 420 g/mol. The van der Waals surface area contributed by atoms with Crippen LogP contribution in [-0.4, -0.2) is 33.8 Å². The number of benzene rings is 1. The van der Waals surface area contributed by atoms with E-state index in [-0.39, 0.29) is 12.5 Å². The molecule has 12 heteroatoms. The number of rotatable bonds is 3. The zero-order valence-corrected chi connectivity index (χ0v) is 14.5. The van der Waals surface area contributed by atoms with Gasteiger partial charge in [-0.15, -0.1) is 0 Å². The van der Waals surface area contributed by atoms with E-state index >= 15 is 0 Å². The zero-order valence-electron chi connectivity index (χ0n) is 13.7. The van der Waals surface area contributed by atoms with Gasteiger partial charge in [-0.25, -0.2) is 8.78 Å². The fourth-order valence-corrected chi connectivity index (χ4v) is 3.69. The van der Waals surface area contributed by atoms with Gasteiger partial charge in [0.1, 0.15) is 5.82 Å². The van der Waals surface area contributed by atoms with E-state index in [1.54, 1.807) is 5.32 Å². The molecule has 0 radical (unpaired) electrons. The number of aliphatic imine (C=N–C) groups is 1. The second kappa shape index (κ2) is 6.64. The lowest BCUT2D eigenvalue weighted by atomic mass is 9.87. The maximum absolute atomic E-state index is 14.4. The molecule has 0 aliphatic carbocycles. The summed E-state index contributed by atoms with van der Waals surface area (Å²) in [5, 5.41) is 0.653. The predicted molar refractivity (Wildman–Crippen MR) is 82.3 cm³/mol. The Labute approximate surface area is 152 Å². The van der Waals surface area contributed by atoms with E-state index in [1.165, 1.54) is 25.1 Å². The Morgan fingerprint density at radius 1 is 1.11 bits per heavy atom. The first-order chi connectivity index (χ1) is 12.1. The van der Waals surface area contributed by atoms with Gasteiger partial charge in [-0.1, -0.05) is 30.0 Å². The first-order valence-electron chi connectivity index (χ1n) is 7.30. The number of thioether (sulfide) groups is 1. The lowest BCUT2D eigenvalue weighted by Gasteiger charge is -2.38. The van der Waals surface area contributed by atoms with Crippen molar-refractivity contribution in [1.29, 1.82) is 0 Å². The third-order valence-electron chi connectivity index (χ3n) is 4.05. The van der Waals surface area contributed by atoms with Crippen LogP contribution in [0.5, 0.6) is 0 Å². The summed E-state index contributed by atoms with van der Waals surface area (Å²) in [4.78, 5) is 15.5. The summed E-state index contributed by atoms with van der Waals surface area (Å²) in [6, 6.07) is 3.93. The summed E-state index contributed by atoms with van der Waals surface area (Å²) in [5.74, 6) is -2.99. The fraction of sp³-hybridized carbons (Fsp3) is 0.467. The van der Waals surface area contributed by atoms with Crippen LogP contribution in [-0.2, 0) is 4.79 Å². The molecule has 3 nitrogen and oxygen atoms in total. The van der Waals surface area contributed by atoms with Crippen LogP contribution < -0.4 is 5.32 Å². The molecule has 1 heterocycles. The molecule has 3 atom stereocenters. The second-order valence-corrected chi connectivity index (χ2v) is 7.07. The molecule has 1 amide bonds. The first kappa shape index (κ1) is 21.5. The number of amidine groups is 1. The van der Waals surface area contributed by atoms with Crippen LogP contribution in [0, 0.1) is 5.82 Å². The van der Waals surface area contributed by atoms with Crippen molar-refractivity contribution >= 4 is 22.8 Å². The largest absolute Gasteiger partial charge is 0.424 e. The number of hydrogen-bond acceptors (Lipinski definition) is 3. The molecular weight excluding hydrogens is 408 g/mol. The molecule has 1 fully saturated rings. The maximum Gasteiger partial charge on any atom is 0.424 e. The molecule has 150 valence electrons. The molecule has 1 aliphatic rings. The Morgan fingerprint density at radius 3 is 2.15 bits per heavy atom. The molecule has 27 heavy (non-hydrogen) atoms. The lowest BCUT2D eigenvalue weighted by Crippen LogP contribution is -2.67. The molecule has 2 unspecified atom stereocenters. The molecule has 1 N–H and O–H groups in total. The van der Waals surface area contributed by atoms with Gasteiger partial charge in [0.05, 0.1) is 6.04 Å². The van der Waals surface area contributed by atoms with Crippen molar-refractivity contribution in [3.05, 3.63) is 35.6 Å². The van der Waals surface area contributed by atoms with Crippen LogP contribution >= 0.6 is 11.8 Å². The minimum Gasteiger partial charge on any atom is -0.304 e. The van der Waals surface area contributed by atoms with Crippen LogP contribution in [0.2, 0.25) is 0 Å². The minimum atomic E-state index is -5.99.